The van der Waals surface area contributed by atoms with Crippen molar-refractivity contribution in [3.63, 3.8) is 0 Å². The predicted molar refractivity (Wildman–Crippen MR) is 118 cm³/mol. The Morgan fingerprint density at radius 2 is 1.75 bits per heavy atom. The van der Waals surface area contributed by atoms with Crippen LogP contribution in [0.25, 0.3) is 0 Å². The summed E-state index contributed by atoms with van der Waals surface area (Å²) in [4.78, 5) is 26.1. The van der Waals surface area contributed by atoms with Crippen LogP contribution in [0.4, 0.5) is 5.69 Å². The fourth-order valence-corrected chi connectivity index (χ4v) is 4.44. The summed E-state index contributed by atoms with van der Waals surface area (Å²) in [6.45, 7) is 1.10. The van der Waals surface area contributed by atoms with E-state index < -0.39 is 10.0 Å². The Bertz CT molecular complexity index is 1190. The molecule has 0 unspecified atom stereocenters. The zero-order chi connectivity index (χ0) is 22.6. The number of amides is 2. The maximum absolute atomic E-state index is 12.4. The molecule has 1 aliphatic rings. The quantitative estimate of drug-likeness (QED) is 0.545. The van der Waals surface area contributed by atoms with Gasteiger partial charge in [-0.15, -0.1) is 0 Å². The summed E-state index contributed by atoms with van der Waals surface area (Å²) in [5.41, 5.74) is 2.12. The maximum atomic E-state index is 12.4. The predicted octanol–water partition coefficient (Wildman–Crippen LogP) is 2.81. The van der Waals surface area contributed by atoms with E-state index in [0.717, 1.165) is 24.2 Å². The van der Waals surface area contributed by atoms with Crippen molar-refractivity contribution < 1.29 is 22.4 Å². The normalized spacial score (nSPS) is 14.0. The van der Waals surface area contributed by atoms with E-state index in [2.05, 4.69) is 10.0 Å². The molecule has 1 aromatic heterocycles. The molecule has 1 saturated heterocycles. The number of furan rings is 1. The van der Waals surface area contributed by atoms with Crippen molar-refractivity contribution in [3.05, 3.63) is 83.8 Å². The molecule has 1 fully saturated rings. The van der Waals surface area contributed by atoms with Gasteiger partial charge in [-0.25, -0.2) is 13.1 Å². The molecule has 2 aromatic carbocycles. The summed E-state index contributed by atoms with van der Waals surface area (Å²) >= 11 is 0. The molecule has 4 rings (SSSR count). The highest BCUT2D eigenvalue weighted by molar-refractivity contribution is 7.89. The van der Waals surface area contributed by atoms with Gasteiger partial charge in [0.1, 0.15) is 5.76 Å². The van der Waals surface area contributed by atoms with Gasteiger partial charge < -0.3 is 14.6 Å². The third-order valence-electron chi connectivity index (χ3n) is 5.22. The number of sulfonamides is 1. The minimum atomic E-state index is -3.72. The smallest absolute Gasteiger partial charge is 0.251 e. The van der Waals surface area contributed by atoms with Gasteiger partial charge in [-0.3, -0.25) is 9.59 Å². The van der Waals surface area contributed by atoms with Crippen molar-refractivity contribution in [1.29, 1.82) is 0 Å². The van der Waals surface area contributed by atoms with Gasteiger partial charge in [0.15, 0.2) is 0 Å². The summed E-state index contributed by atoms with van der Waals surface area (Å²) in [5.74, 6) is 0.327. The van der Waals surface area contributed by atoms with E-state index in [0.29, 0.717) is 24.3 Å². The van der Waals surface area contributed by atoms with Crippen molar-refractivity contribution in [2.24, 2.45) is 0 Å². The Morgan fingerprint density at radius 1 is 1.00 bits per heavy atom. The first-order valence-electron chi connectivity index (χ1n) is 10.2. The lowest BCUT2D eigenvalue weighted by atomic mass is 10.1. The second-order valence-electron chi connectivity index (χ2n) is 7.43. The van der Waals surface area contributed by atoms with Crippen LogP contribution in [0.2, 0.25) is 0 Å². The summed E-state index contributed by atoms with van der Waals surface area (Å²) in [7, 11) is -3.72. The average molecular weight is 454 g/mol. The number of nitrogens with one attached hydrogen (secondary N) is 2. The Labute approximate surface area is 186 Å². The van der Waals surface area contributed by atoms with Gasteiger partial charge in [-0.05, 0) is 60.5 Å². The molecule has 0 saturated carbocycles. The molecule has 8 nitrogen and oxygen atoms in total. The van der Waals surface area contributed by atoms with Gasteiger partial charge in [0.25, 0.3) is 5.91 Å². The topological polar surface area (TPSA) is 109 Å². The van der Waals surface area contributed by atoms with Crippen LogP contribution in [0.3, 0.4) is 0 Å². The molecule has 2 heterocycles. The lowest BCUT2D eigenvalue weighted by Gasteiger charge is -2.16. The molecule has 166 valence electrons. The second-order valence-corrected chi connectivity index (χ2v) is 9.19. The molecule has 2 amide bonds. The molecule has 1 aliphatic heterocycles. The first-order valence-corrected chi connectivity index (χ1v) is 11.7. The molecule has 32 heavy (non-hydrogen) atoms. The summed E-state index contributed by atoms with van der Waals surface area (Å²) in [6, 6.07) is 16.6. The van der Waals surface area contributed by atoms with Crippen LogP contribution in [-0.2, 0) is 27.9 Å². The number of carbonyl (C=O) groups excluding carboxylic acids is 2. The van der Waals surface area contributed by atoms with E-state index in [4.69, 9.17) is 4.42 Å². The first kappa shape index (κ1) is 21.8. The molecule has 0 atom stereocenters. The van der Waals surface area contributed by atoms with Gasteiger partial charge in [0.2, 0.25) is 15.9 Å². The van der Waals surface area contributed by atoms with Crippen LogP contribution in [0.1, 0.15) is 34.5 Å². The fraction of sp³-hybridized carbons (Fsp3) is 0.217. The van der Waals surface area contributed by atoms with Crippen LogP contribution >= 0.6 is 0 Å². The number of rotatable bonds is 8. The summed E-state index contributed by atoms with van der Waals surface area (Å²) in [6.07, 6.45) is 2.93. The number of carbonyl (C=O) groups is 2. The van der Waals surface area contributed by atoms with Crippen LogP contribution in [0.15, 0.2) is 76.2 Å². The van der Waals surface area contributed by atoms with Crippen LogP contribution in [-0.4, -0.2) is 26.8 Å². The standard InChI is InChI=1S/C23H23N3O5S/c27-22-4-1-13-26(22)19-9-5-17(6-10-19)15-24-23(28)18-7-11-21(12-8-18)32(29,30)25-16-20-3-2-14-31-20/h2-3,5-12,14,25H,1,4,13,15-16H2,(H,24,28). The zero-order valence-electron chi connectivity index (χ0n) is 17.3. The number of hydrogen-bond acceptors (Lipinski definition) is 5. The Balaban J connectivity index is 1.32. The second kappa shape index (κ2) is 9.37. The number of nitrogens with zero attached hydrogens (tertiary/aromatic N) is 1. The Morgan fingerprint density at radius 3 is 2.38 bits per heavy atom. The molecule has 9 heteroatoms. The van der Waals surface area contributed by atoms with Crippen molar-refractivity contribution in [1.82, 2.24) is 10.0 Å². The third kappa shape index (κ3) is 5.06. The van der Waals surface area contributed by atoms with E-state index in [-0.39, 0.29) is 23.3 Å². The Kier molecular flexibility index (Phi) is 6.38. The molecule has 0 spiro atoms. The molecule has 3 aromatic rings. The minimum absolute atomic E-state index is 0.0439. The zero-order valence-corrected chi connectivity index (χ0v) is 18.1. The van der Waals surface area contributed by atoms with E-state index in [9.17, 15) is 18.0 Å². The van der Waals surface area contributed by atoms with E-state index >= 15 is 0 Å². The van der Waals surface area contributed by atoms with Crippen molar-refractivity contribution in [3.8, 4) is 0 Å². The van der Waals surface area contributed by atoms with Gasteiger partial charge >= 0.3 is 0 Å². The molecular weight excluding hydrogens is 430 g/mol. The SMILES string of the molecule is O=C(NCc1ccc(N2CCCC2=O)cc1)c1ccc(S(=O)(=O)NCc2ccco2)cc1. The number of hydrogen-bond donors (Lipinski definition) is 2. The fourth-order valence-electron chi connectivity index (χ4n) is 3.45. The van der Waals surface area contributed by atoms with Gasteiger partial charge in [0.05, 0.1) is 17.7 Å². The highest BCUT2D eigenvalue weighted by Crippen LogP contribution is 2.21. The van der Waals surface area contributed by atoms with Crippen molar-refractivity contribution >= 4 is 27.5 Å². The number of anilines is 1. The largest absolute Gasteiger partial charge is 0.468 e. The van der Waals surface area contributed by atoms with E-state index in [1.165, 1.54) is 30.5 Å². The van der Waals surface area contributed by atoms with E-state index in [1.807, 2.05) is 24.3 Å². The van der Waals surface area contributed by atoms with Gasteiger partial charge in [-0.1, -0.05) is 12.1 Å². The summed E-state index contributed by atoms with van der Waals surface area (Å²) < 4.78 is 32.3. The van der Waals surface area contributed by atoms with Gasteiger partial charge in [-0.2, -0.15) is 0 Å². The van der Waals surface area contributed by atoms with Crippen LogP contribution in [0, 0.1) is 0 Å². The molecule has 0 radical (unpaired) electrons. The first-order chi connectivity index (χ1) is 15.4. The lowest BCUT2D eigenvalue weighted by Crippen LogP contribution is -2.25. The Hall–Kier alpha value is -3.43. The van der Waals surface area contributed by atoms with Crippen LogP contribution < -0.4 is 14.9 Å². The minimum Gasteiger partial charge on any atom is -0.468 e. The average Bonchev–Trinajstić information content (AvgIpc) is 3.48. The van der Waals surface area contributed by atoms with Crippen molar-refractivity contribution in [2.75, 3.05) is 11.4 Å². The molecule has 2 N–H and O–H groups in total. The van der Waals surface area contributed by atoms with Crippen LogP contribution in [0.5, 0.6) is 0 Å². The van der Waals surface area contributed by atoms with E-state index in [1.54, 1.807) is 17.0 Å². The number of benzene rings is 2. The molecular formula is C23H23N3O5S. The summed E-state index contributed by atoms with van der Waals surface area (Å²) in [5, 5.41) is 2.82. The monoisotopic (exact) mass is 453 g/mol. The highest BCUT2D eigenvalue weighted by atomic mass is 32.2. The maximum Gasteiger partial charge on any atom is 0.251 e. The van der Waals surface area contributed by atoms with Gasteiger partial charge in [0, 0.05) is 30.8 Å². The van der Waals surface area contributed by atoms with Crippen molar-refractivity contribution in [2.45, 2.75) is 30.8 Å². The highest BCUT2D eigenvalue weighted by Gasteiger charge is 2.21. The molecule has 0 aliphatic carbocycles. The molecule has 0 bridgehead atoms. The third-order valence-corrected chi connectivity index (χ3v) is 6.63. The lowest BCUT2D eigenvalue weighted by molar-refractivity contribution is -0.117.